The fourth-order valence-corrected chi connectivity index (χ4v) is 3.36. The van der Waals surface area contributed by atoms with Gasteiger partial charge < -0.3 is 10.6 Å². The summed E-state index contributed by atoms with van der Waals surface area (Å²) in [6, 6.07) is 10.0. The third kappa shape index (κ3) is 4.55. The molecule has 1 fully saturated rings. The Labute approximate surface area is 177 Å². The first kappa shape index (κ1) is 19.4. The van der Waals surface area contributed by atoms with Gasteiger partial charge in [0.05, 0.1) is 11.9 Å². The van der Waals surface area contributed by atoms with Gasteiger partial charge in [-0.3, -0.25) is 14.6 Å². The van der Waals surface area contributed by atoms with Crippen molar-refractivity contribution >= 4 is 46.5 Å². The van der Waals surface area contributed by atoms with E-state index in [0.29, 0.717) is 32.7 Å². The Hall–Kier alpha value is -2.96. The van der Waals surface area contributed by atoms with Gasteiger partial charge in [0.15, 0.2) is 0 Å². The summed E-state index contributed by atoms with van der Waals surface area (Å²) >= 11 is 12.3. The number of halogens is 2. The summed E-state index contributed by atoms with van der Waals surface area (Å²) in [6.07, 6.45) is 6.44. The maximum atomic E-state index is 12.8. The van der Waals surface area contributed by atoms with Gasteiger partial charge in [0, 0.05) is 45.0 Å². The van der Waals surface area contributed by atoms with Crippen molar-refractivity contribution < 1.29 is 9.59 Å². The highest BCUT2D eigenvalue weighted by molar-refractivity contribution is 6.36. The number of benzene rings is 1. The van der Waals surface area contributed by atoms with Crippen LogP contribution in [0.2, 0.25) is 10.0 Å². The van der Waals surface area contributed by atoms with Crippen LogP contribution < -0.4 is 10.6 Å². The monoisotopic (exact) mass is 426 g/mol. The molecule has 2 N–H and O–H groups in total. The predicted molar refractivity (Wildman–Crippen MR) is 113 cm³/mol. The van der Waals surface area contributed by atoms with E-state index in [1.54, 1.807) is 48.8 Å². The predicted octanol–water partition coefficient (Wildman–Crippen LogP) is 5.05. The van der Waals surface area contributed by atoms with E-state index in [0.717, 1.165) is 18.4 Å². The molecule has 3 aromatic rings. The van der Waals surface area contributed by atoms with Crippen LogP contribution in [0.25, 0.3) is 11.1 Å². The largest absolute Gasteiger partial charge is 0.320 e. The molecule has 1 saturated carbocycles. The highest BCUT2D eigenvalue weighted by atomic mass is 35.5. The number of hydrogen-bond donors (Lipinski definition) is 2. The Balaban J connectivity index is 1.57. The summed E-state index contributed by atoms with van der Waals surface area (Å²) in [5, 5.41) is 6.58. The van der Waals surface area contributed by atoms with E-state index in [1.807, 2.05) is 0 Å². The molecule has 0 unspecified atom stereocenters. The molecule has 4 rings (SSSR count). The average Bonchev–Trinajstić information content (AvgIpc) is 3.54. The topological polar surface area (TPSA) is 84.0 Å². The van der Waals surface area contributed by atoms with E-state index >= 15 is 0 Å². The average molecular weight is 427 g/mol. The number of carbonyl (C=O) groups excluding carboxylic acids is 2. The quantitative estimate of drug-likeness (QED) is 0.597. The van der Waals surface area contributed by atoms with Crippen molar-refractivity contribution in [2.24, 2.45) is 5.92 Å². The molecule has 0 radical (unpaired) electrons. The van der Waals surface area contributed by atoms with Gasteiger partial charge >= 0.3 is 0 Å². The molecule has 146 valence electrons. The van der Waals surface area contributed by atoms with Crippen molar-refractivity contribution in [2.45, 2.75) is 12.8 Å². The summed E-state index contributed by atoms with van der Waals surface area (Å²) in [5.41, 5.74) is 2.30. The molecule has 1 aromatic carbocycles. The number of aromatic nitrogens is 2. The zero-order valence-corrected chi connectivity index (χ0v) is 16.7. The van der Waals surface area contributed by atoms with Crippen LogP contribution in [0, 0.1) is 5.92 Å². The molecule has 8 heteroatoms. The molecule has 2 heterocycles. The molecular formula is C21H16Cl2N4O2. The Morgan fingerprint density at radius 2 is 1.79 bits per heavy atom. The number of amides is 2. The Bertz CT molecular complexity index is 1100. The van der Waals surface area contributed by atoms with Crippen molar-refractivity contribution in [2.75, 3.05) is 10.6 Å². The molecular weight excluding hydrogens is 411 g/mol. The van der Waals surface area contributed by atoms with Crippen molar-refractivity contribution in [1.29, 1.82) is 0 Å². The van der Waals surface area contributed by atoms with Gasteiger partial charge in [-0.05, 0) is 43.2 Å². The standard InChI is InChI=1S/C21H16Cl2N4O2/c22-14-3-4-15(17(23)10-14)16-6-7-24-11-18(16)26-21(29)13-5-8-25-19(9-13)27-20(28)12-1-2-12/h3-12H,1-2H2,(H,26,29)(H,25,27,28). The van der Waals surface area contributed by atoms with E-state index in [4.69, 9.17) is 23.2 Å². The van der Waals surface area contributed by atoms with Gasteiger partial charge in [0.25, 0.3) is 5.91 Å². The van der Waals surface area contributed by atoms with Gasteiger partial charge in [-0.1, -0.05) is 29.3 Å². The van der Waals surface area contributed by atoms with E-state index in [1.165, 1.54) is 6.20 Å². The maximum absolute atomic E-state index is 12.8. The third-order valence-corrected chi connectivity index (χ3v) is 5.06. The molecule has 0 atom stereocenters. The van der Waals surface area contributed by atoms with E-state index < -0.39 is 0 Å². The fourth-order valence-electron chi connectivity index (χ4n) is 2.85. The molecule has 2 aromatic heterocycles. The summed E-state index contributed by atoms with van der Waals surface area (Å²) in [5.74, 6) is -0.0197. The van der Waals surface area contributed by atoms with Crippen LogP contribution in [-0.2, 0) is 4.79 Å². The maximum Gasteiger partial charge on any atom is 0.255 e. The number of hydrogen-bond acceptors (Lipinski definition) is 4. The highest BCUT2D eigenvalue weighted by Gasteiger charge is 2.29. The van der Waals surface area contributed by atoms with Crippen molar-refractivity contribution in [3.63, 3.8) is 0 Å². The molecule has 0 bridgehead atoms. The van der Waals surface area contributed by atoms with Crippen LogP contribution in [0.4, 0.5) is 11.5 Å². The first-order valence-corrected chi connectivity index (χ1v) is 9.74. The minimum Gasteiger partial charge on any atom is -0.320 e. The molecule has 0 spiro atoms. The van der Waals surface area contributed by atoms with Gasteiger partial charge in [-0.2, -0.15) is 0 Å². The number of rotatable bonds is 5. The first-order chi connectivity index (χ1) is 14.0. The zero-order valence-electron chi connectivity index (χ0n) is 15.2. The van der Waals surface area contributed by atoms with Crippen LogP contribution in [0.1, 0.15) is 23.2 Å². The van der Waals surface area contributed by atoms with Gasteiger partial charge in [-0.15, -0.1) is 0 Å². The lowest BCUT2D eigenvalue weighted by Gasteiger charge is -2.12. The number of carbonyl (C=O) groups is 2. The Morgan fingerprint density at radius 3 is 2.55 bits per heavy atom. The van der Waals surface area contributed by atoms with Crippen LogP contribution in [0.3, 0.4) is 0 Å². The second-order valence-corrected chi connectivity index (χ2v) is 7.54. The lowest BCUT2D eigenvalue weighted by molar-refractivity contribution is -0.117. The van der Waals surface area contributed by atoms with Gasteiger partial charge in [0.2, 0.25) is 5.91 Å². The minimum atomic E-state index is -0.353. The lowest BCUT2D eigenvalue weighted by Crippen LogP contribution is -2.16. The zero-order chi connectivity index (χ0) is 20.4. The van der Waals surface area contributed by atoms with Crippen LogP contribution in [0.5, 0.6) is 0 Å². The smallest absolute Gasteiger partial charge is 0.255 e. The molecule has 0 aliphatic heterocycles. The molecule has 2 amide bonds. The number of nitrogens with one attached hydrogen (secondary N) is 2. The first-order valence-electron chi connectivity index (χ1n) is 8.99. The fraction of sp³-hybridized carbons (Fsp3) is 0.143. The second-order valence-electron chi connectivity index (χ2n) is 6.69. The normalized spacial score (nSPS) is 13.0. The van der Waals surface area contributed by atoms with Crippen LogP contribution in [0.15, 0.2) is 55.0 Å². The van der Waals surface area contributed by atoms with Crippen molar-refractivity contribution in [1.82, 2.24) is 9.97 Å². The van der Waals surface area contributed by atoms with Crippen molar-refractivity contribution in [3.05, 3.63) is 70.6 Å². The van der Waals surface area contributed by atoms with E-state index in [2.05, 4.69) is 20.6 Å². The second kappa shape index (κ2) is 8.19. The minimum absolute atomic E-state index is 0.0522. The van der Waals surface area contributed by atoms with Crippen molar-refractivity contribution in [3.8, 4) is 11.1 Å². The number of anilines is 2. The van der Waals surface area contributed by atoms with Crippen LogP contribution >= 0.6 is 23.2 Å². The Kier molecular flexibility index (Phi) is 5.47. The van der Waals surface area contributed by atoms with E-state index in [9.17, 15) is 9.59 Å². The molecule has 1 aliphatic rings. The SMILES string of the molecule is O=C(Nc1cnccc1-c1ccc(Cl)cc1Cl)c1ccnc(NC(=O)C2CC2)c1. The van der Waals surface area contributed by atoms with Crippen LogP contribution in [-0.4, -0.2) is 21.8 Å². The molecule has 6 nitrogen and oxygen atoms in total. The highest BCUT2D eigenvalue weighted by Crippen LogP contribution is 2.34. The summed E-state index contributed by atoms with van der Waals surface area (Å²) in [4.78, 5) is 32.9. The lowest BCUT2D eigenvalue weighted by atomic mass is 10.1. The molecule has 0 saturated heterocycles. The number of pyridine rings is 2. The number of nitrogens with zero attached hydrogens (tertiary/aromatic N) is 2. The van der Waals surface area contributed by atoms with E-state index in [-0.39, 0.29) is 17.7 Å². The van der Waals surface area contributed by atoms with Gasteiger partial charge in [-0.25, -0.2) is 4.98 Å². The third-order valence-electron chi connectivity index (χ3n) is 4.51. The molecule has 1 aliphatic carbocycles. The van der Waals surface area contributed by atoms with Gasteiger partial charge in [0.1, 0.15) is 5.82 Å². The molecule has 29 heavy (non-hydrogen) atoms. The summed E-state index contributed by atoms with van der Waals surface area (Å²) < 4.78 is 0. The Morgan fingerprint density at radius 1 is 0.966 bits per heavy atom. The summed E-state index contributed by atoms with van der Waals surface area (Å²) in [7, 11) is 0. The summed E-state index contributed by atoms with van der Waals surface area (Å²) in [6.45, 7) is 0.